The smallest absolute Gasteiger partial charge is 0.303 e. The van der Waals surface area contributed by atoms with E-state index in [2.05, 4.69) is 5.32 Å². The normalized spacial score (nSPS) is 12.8. The maximum Gasteiger partial charge on any atom is 0.303 e. The lowest BCUT2D eigenvalue weighted by Gasteiger charge is -2.23. The first-order valence-electron chi connectivity index (χ1n) is 6.46. The van der Waals surface area contributed by atoms with Gasteiger partial charge in [0.15, 0.2) is 0 Å². The van der Waals surface area contributed by atoms with Crippen molar-refractivity contribution in [3.8, 4) is 0 Å². The van der Waals surface area contributed by atoms with E-state index in [9.17, 15) is 9.59 Å². The molecule has 5 heteroatoms. The molecule has 0 aliphatic heterocycles. The molecule has 0 aliphatic rings. The van der Waals surface area contributed by atoms with E-state index in [0.717, 1.165) is 5.56 Å². The molecular formula is C15H20ClNO3. The minimum atomic E-state index is -0.898. The highest BCUT2D eigenvalue weighted by Gasteiger charge is 2.25. The molecule has 20 heavy (non-hydrogen) atoms. The Morgan fingerprint density at radius 3 is 2.55 bits per heavy atom. The van der Waals surface area contributed by atoms with E-state index in [0.29, 0.717) is 5.02 Å². The van der Waals surface area contributed by atoms with Crippen LogP contribution in [0.15, 0.2) is 24.3 Å². The summed E-state index contributed by atoms with van der Waals surface area (Å²) in [6.07, 6.45) is 0.135. The molecule has 2 N–H and O–H groups in total. The second-order valence-corrected chi connectivity index (χ2v) is 6.19. The van der Waals surface area contributed by atoms with Crippen molar-refractivity contribution in [1.29, 1.82) is 0 Å². The number of amides is 1. The number of carboxylic acids is 1. The van der Waals surface area contributed by atoms with Crippen molar-refractivity contribution in [1.82, 2.24) is 5.32 Å². The maximum atomic E-state index is 12.0. The molecule has 0 bridgehead atoms. The Morgan fingerprint density at radius 2 is 2.00 bits per heavy atom. The first-order chi connectivity index (χ1) is 9.19. The van der Waals surface area contributed by atoms with E-state index in [1.165, 1.54) is 0 Å². The standard InChI is InChI=1S/C15H20ClNO3/c1-10(11-5-4-6-12(16)7-11)17-13(18)8-15(2,3)9-14(19)20/h4-7,10H,8-9H2,1-3H3,(H,17,18)(H,19,20). The summed E-state index contributed by atoms with van der Waals surface area (Å²) in [5.41, 5.74) is 0.353. The van der Waals surface area contributed by atoms with Crippen molar-refractivity contribution < 1.29 is 14.7 Å². The second kappa shape index (κ2) is 6.75. The van der Waals surface area contributed by atoms with Crippen LogP contribution in [0, 0.1) is 5.41 Å². The van der Waals surface area contributed by atoms with Crippen LogP contribution in [-0.2, 0) is 9.59 Å². The van der Waals surface area contributed by atoms with Gasteiger partial charge in [0.25, 0.3) is 0 Å². The van der Waals surface area contributed by atoms with Gasteiger partial charge in [-0.2, -0.15) is 0 Å². The van der Waals surface area contributed by atoms with Crippen LogP contribution in [0.5, 0.6) is 0 Å². The Balaban J connectivity index is 2.60. The molecule has 0 aliphatic carbocycles. The van der Waals surface area contributed by atoms with Crippen LogP contribution < -0.4 is 5.32 Å². The van der Waals surface area contributed by atoms with E-state index >= 15 is 0 Å². The average Bonchev–Trinajstić information content (AvgIpc) is 2.25. The molecule has 1 aromatic carbocycles. The zero-order valence-electron chi connectivity index (χ0n) is 11.9. The highest BCUT2D eigenvalue weighted by molar-refractivity contribution is 6.30. The van der Waals surface area contributed by atoms with Gasteiger partial charge in [0.2, 0.25) is 5.91 Å². The monoisotopic (exact) mass is 297 g/mol. The van der Waals surface area contributed by atoms with Gasteiger partial charge in [-0.3, -0.25) is 9.59 Å². The fourth-order valence-corrected chi connectivity index (χ4v) is 2.26. The molecular weight excluding hydrogens is 278 g/mol. The molecule has 1 rings (SSSR count). The Kier molecular flexibility index (Phi) is 5.57. The third-order valence-electron chi connectivity index (χ3n) is 3.00. The summed E-state index contributed by atoms with van der Waals surface area (Å²) < 4.78 is 0. The minimum absolute atomic E-state index is 0.0357. The van der Waals surface area contributed by atoms with Crippen LogP contribution in [0.1, 0.15) is 45.2 Å². The number of nitrogens with one attached hydrogen (secondary N) is 1. The molecule has 0 fully saturated rings. The Morgan fingerprint density at radius 1 is 1.35 bits per heavy atom. The molecule has 0 radical (unpaired) electrons. The van der Waals surface area contributed by atoms with E-state index in [-0.39, 0.29) is 24.8 Å². The van der Waals surface area contributed by atoms with Gasteiger partial charge in [-0.1, -0.05) is 37.6 Å². The molecule has 0 spiro atoms. The predicted molar refractivity (Wildman–Crippen MR) is 78.7 cm³/mol. The molecule has 1 amide bonds. The largest absolute Gasteiger partial charge is 0.481 e. The summed E-state index contributed by atoms with van der Waals surface area (Å²) in [4.78, 5) is 22.7. The maximum absolute atomic E-state index is 12.0. The van der Waals surface area contributed by atoms with Crippen molar-refractivity contribution in [2.75, 3.05) is 0 Å². The van der Waals surface area contributed by atoms with Gasteiger partial charge >= 0.3 is 5.97 Å². The van der Waals surface area contributed by atoms with Crippen molar-refractivity contribution in [2.45, 2.75) is 39.7 Å². The van der Waals surface area contributed by atoms with Crippen LogP contribution >= 0.6 is 11.6 Å². The number of carboxylic acid groups (broad SMARTS) is 1. The molecule has 110 valence electrons. The number of aliphatic carboxylic acids is 1. The SMILES string of the molecule is CC(NC(=O)CC(C)(C)CC(=O)O)c1cccc(Cl)c1. The lowest BCUT2D eigenvalue weighted by atomic mass is 9.85. The first kappa shape index (κ1) is 16.5. The fourth-order valence-electron chi connectivity index (χ4n) is 2.06. The van der Waals surface area contributed by atoms with Gasteiger partial charge in [-0.15, -0.1) is 0 Å². The van der Waals surface area contributed by atoms with E-state index < -0.39 is 11.4 Å². The van der Waals surface area contributed by atoms with E-state index in [1.54, 1.807) is 26.0 Å². The zero-order chi connectivity index (χ0) is 15.3. The molecule has 0 saturated heterocycles. The van der Waals surface area contributed by atoms with Gasteiger partial charge in [0.05, 0.1) is 12.5 Å². The van der Waals surface area contributed by atoms with Crippen molar-refractivity contribution in [2.24, 2.45) is 5.41 Å². The lowest BCUT2D eigenvalue weighted by molar-refractivity contribution is -0.139. The van der Waals surface area contributed by atoms with E-state index in [1.807, 2.05) is 19.1 Å². The minimum Gasteiger partial charge on any atom is -0.481 e. The third-order valence-corrected chi connectivity index (χ3v) is 3.23. The first-order valence-corrected chi connectivity index (χ1v) is 6.84. The Hall–Kier alpha value is -1.55. The molecule has 1 aromatic rings. The average molecular weight is 298 g/mol. The lowest BCUT2D eigenvalue weighted by Crippen LogP contribution is -2.31. The summed E-state index contributed by atoms with van der Waals surface area (Å²) in [7, 11) is 0. The molecule has 1 unspecified atom stereocenters. The Labute approximate surface area is 124 Å². The highest BCUT2D eigenvalue weighted by atomic mass is 35.5. The van der Waals surface area contributed by atoms with Crippen molar-refractivity contribution in [3.05, 3.63) is 34.9 Å². The summed E-state index contributed by atoms with van der Waals surface area (Å²) >= 11 is 5.91. The molecule has 1 atom stereocenters. The van der Waals surface area contributed by atoms with Crippen LogP contribution in [0.2, 0.25) is 5.02 Å². The fraction of sp³-hybridized carbons (Fsp3) is 0.467. The number of hydrogen-bond acceptors (Lipinski definition) is 2. The van der Waals surface area contributed by atoms with Crippen LogP contribution in [-0.4, -0.2) is 17.0 Å². The van der Waals surface area contributed by atoms with Gasteiger partial charge in [-0.05, 0) is 30.0 Å². The van der Waals surface area contributed by atoms with Crippen LogP contribution in [0.25, 0.3) is 0 Å². The number of halogens is 1. The van der Waals surface area contributed by atoms with E-state index in [4.69, 9.17) is 16.7 Å². The number of benzene rings is 1. The zero-order valence-corrected chi connectivity index (χ0v) is 12.7. The van der Waals surface area contributed by atoms with Gasteiger partial charge < -0.3 is 10.4 Å². The summed E-state index contributed by atoms with van der Waals surface area (Å²) in [6.45, 7) is 5.41. The summed E-state index contributed by atoms with van der Waals surface area (Å²) in [5.74, 6) is -1.06. The number of rotatable bonds is 6. The van der Waals surface area contributed by atoms with Crippen LogP contribution in [0.4, 0.5) is 0 Å². The Bertz CT molecular complexity index is 500. The second-order valence-electron chi connectivity index (χ2n) is 5.76. The molecule has 0 saturated carbocycles. The van der Waals surface area contributed by atoms with Gasteiger partial charge in [0, 0.05) is 11.4 Å². The topological polar surface area (TPSA) is 66.4 Å². The molecule has 0 aromatic heterocycles. The van der Waals surface area contributed by atoms with Crippen LogP contribution in [0.3, 0.4) is 0 Å². The third kappa shape index (κ3) is 5.61. The number of hydrogen-bond donors (Lipinski definition) is 2. The molecule has 4 nitrogen and oxygen atoms in total. The summed E-state index contributed by atoms with van der Waals surface area (Å²) in [6, 6.07) is 7.13. The molecule has 0 heterocycles. The number of carbonyl (C=O) groups is 2. The quantitative estimate of drug-likeness (QED) is 0.845. The van der Waals surface area contributed by atoms with Crippen molar-refractivity contribution in [3.63, 3.8) is 0 Å². The number of carbonyl (C=O) groups excluding carboxylic acids is 1. The summed E-state index contributed by atoms with van der Waals surface area (Å²) in [5, 5.41) is 12.3. The van der Waals surface area contributed by atoms with Gasteiger partial charge in [-0.25, -0.2) is 0 Å². The predicted octanol–water partition coefficient (Wildman–Crippen LogP) is 3.41. The van der Waals surface area contributed by atoms with Gasteiger partial charge in [0.1, 0.15) is 0 Å². The highest BCUT2D eigenvalue weighted by Crippen LogP contribution is 2.25. The van der Waals surface area contributed by atoms with Crippen molar-refractivity contribution >= 4 is 23.5 Å².